The first-order valence-electron chi connectivity index (χ1n) is 6.10. The topological polar surface area (TPSA) is 63.6 Å². The predicted octanol–water partition coefficient (Wildman–Crippen LogP) is 2.87. The normalized spacial score (nSPS) is 11.3. The Bertz CT molecular complexity index is 680. The Labute approximate surface area is 116 Å². The zero-order valence-corrected chi connectivity index (χ0v) is 11.0. The van der Waals surface area contributed by atoms with Crippen LogP contribution in [0.2, 0.25) is 0 Å². The summed E-state index contributed by atoms with van der Waals surface area (Å²) in [7, 11) is 1.24. The lowest BCUT2D eigenvalue weighted by Crippen LogP contribution is -2.09. The van der Waals surface area contributed by atoms with E-state index in [1.807, 2.05) is 42.5 Å². The molecule has 4 heteroatoms. The second-order valence-corrected chi connectivity index (χ2v) is 4.30. The van der Waals surface area contributed by atoms with Crippen molar-refractivity contribution in [3.8, 4) is 0 Å². The van der Waals surface area contributed by atoms with E-state index in [1.165, 1.54) is 7.11 Å². The molecular formula is C16H14O4. The van der Waals surface area contributed by atoms with E-state index < -0.39 is 11.9 Å². The summed E-state index contributed by atoms with van der Waals surface area (Å²) in [5, 5.41) is 10.9. The lowest BCUT2D eigenvalue weighted by molar-refractivity contribution is -0.141. The first-order chi connectivity index (χ1) is 9.61. The number of carbonyl (C=O) groups is 2. The van der Waals surface area contributed by atoms with Crippen molar-refractivity contribution < 1.29 is 19.4 Å². The number of ether oxygens (including phenoxy) is 1. The average molecular weight is 270 g/mol. The van der Waals surface area contributed by atoms with Gasteiger partial charge in [0.05, 0.1) is 13.5 Å². The maximum atomic E-state index is 11.6. The molecule has 4 nitrogen and oxygen atoms in total. The number of esters is 1. The number of rotatable bonds is 4. The van der Waals surface area contributed by atoms with Crippen LogP contribution >= 0.6 is 0 Å². The number of fused-ring (bicyclic) bond motifs is 1. The molecule has 0 saturated heterocycles. The fourth-order valence-corrected chi connectivity index (χ4v) is 2.04. The van der Waals surface area contributed by atoms with Crippen LogP contribution in [0, 0.1) is 0 Å². The van der Waals surface area contributed by atoms with Crippen LogP contribution in [-0.2, 0) is 14.3 Å². The summed E-state index contributed by atoms with van der Waals surface area (Å²) >= 11 is 0. The zero-order chi connectivity index (χ0) is 14.5. The Balaban J connectivity index is 2.53. The van der Waals surface area contributed by atoms with Crippen molar-refractivity contribution in [2.75, 3.05) is 7.11 Å². The van der Waals surface area contributed by atoms with E-state index in [2.05, 4.69) is 4.74 Å². The SMILES string of the molecule is COC(=O)C(=Cc1cccc2ccccc12)CC(=O)O. The van der Waals surface area contributed by atoms with E-state index in [0.717, 1.165) is 16.3 Å². The van der Waals surface area contributed by atoms with Crippen LogP contribution in [0.15, 0.2) is 48.0 Å². The van der Waals surface area contributed by atoms with E-state index in [1.54, 1.807) is 6.08 Å². The average Bonchev–Trinajstić information content (AvgIpc) is 2.45. The molecule has 0 bridgehead atoms. The van der Waals surface area contributed by atoms with Gasteiger partial charge < -0.3 is 9.84 Å². The van der Waals surface area contributed by atoms with Crippen LogP contribution in [-0.4, -0.2) is 24.2 Å². The van der Waals surface area contributed by atoms with Gasteiger partial charge in [0, 0.05) is 5.57 Å². The molecule has 0 aliphatic carbocycles. The molecule has 0 fully saturated rings. The van der Waals surface area contributed by atoms with Gasteiger partial charge in [0.1, 0.15) is 0 Å². The van der Waals surface area contributed by atoms with Gasteiger partial charge in [-0.25, -0.2) is 4.79 Å². The number of benzene rings is 2. The molecule has 0 unspecified atom stereocenters. The first kappa shape index (κ1) is 13.8. The monoisotopic (exact) mass is 270 g/mol. The highest BCUT2D eigenvalue weighted by molar-refractivity contribution is 6.01. The molecule has 0 aromatic heterocycles. The standard InChI is InChI=1S/C16H14O4/c1-20-16(19)13(10-15(17)18)9-12-7-4-6-11-5-2-3-8-14(11)12/h2-9H,10H2,1H3,(H,17,18). The molecule has 2 aromatic carbocycles. The summed E-state index contributed by atoms with van der Waals surface area (Å²) in [5.41, 5.74) is 0.918. The molecule has 0 amide bonds. The van der Waals surface area contributed by atoms with Crippen LogP contribution in [0.25, 0.3) is 16.8 Å². The van der Waals surface area contributed by atoms with Gasteiger partial charge in [-0.3, -0.25) is 4.79 Å². The van der Waals surface area contributed by atoms with Crippen molar-refractivity contribution in [3.05, 3.63) is 53.6 Å². The van der Waals surface area contributed by atoms with E-state index in [9.17, 15) is 9.59 Å². The largest absolute Gasteiger partial charge is 0.481 e. The molecule has 0 saturated carbocycles. The summed E-state index contributed by atoms with van der Waals surface area (Å²) < 4.78 is 4.63. The molecule has 0 atom stereocenters. The molecule has 0 heterocycles. The third kappa shape index (κ3) is 3.03. The van der Waals surface area contributed by atoms with Crippen LogP contribution in [0.1, 0.15) is 12.0 Å². The van der Waals surface area contributed by atoms with Crippen LogP contribution < -0.4 is 0 Å². The molecule has 20 heavy (non-hydrogen) atoms. The maximum Gasteiger partial charge on any atom is 0.334 e. The second-order valence-electron chi connectivity index (χ2n) is 4.30. The van der Waals surface area contributed by atoms with E-state index >= 15 is 0 Å². The Morgan fingerprint density at radius 3 is 2.55 bits per heavy atom. The smallest absolute Gasteiger partial charge is 0.334 e. The fourth-order valence-electron chi connectivity index (χ4n) is 2.04. The van der Waals surface area contributed by atoms with Gasteiger partial charge in [-0.1, -0.05) is 42.5 Å². The Kier molecular flexibility index (Phi) is 4.15. The molecule has 1 N–H and O–H groups in total. The summed E-state index contributed by atoms with van der Waals surface area (Å²) in [5.74, 6) is -1.69. The van der Waals surface area contributed by atoms with Crippen molar-refractivity contribution in [2.24, 2.45) is 0 Å². The van der Waals surface area contributed by atoms with E-state index in [-0.39, 0.29) is 12.0 Å². The second kappa shape index (κ2) is 6.02. The summed E-state index contributed by atoms with van der Waals surface area (Å²) in [6.45, 7) is 0. The number of carboxylic acid groups (broad SMARTS) is 1. The van der Waals surface area contributed by atoms with Crippen molar-refractivity contribution in [1.29, 1.82) is 0 Å². The van der Waals surface area contributed by atoms with Crippen molar-refractivity contribution in [2.45, 2.75) is 6.42 Å². The molecule has 0 aliphatic rings. The number of carboxylic acids is 1. The minimum absolute atomic E-state index is 0.122. The lowest BCUT2D eigenvalue weighted by Gasteiger charge is -2.05. The number of hydrogen-bond donors (Lipinski definition) is 1. The minimum Gasteiger partial charge on any atom is -0.481 e. The molecular weight excluding hydrogens is 256 g/mol. The van der Waals surface area contributed by atoms with E-state index in [4.69, 9.17) is 5.11 Å². The first-order valence-corrected chi connectivity index (χ1v) is 6.10. The molecule has 2 aromatic rings. The van der Waals surface area contributed by atoms with Gasteiger partial charge in [-0.05, 0) is 22.4 Å². The number of carbonyl (C=O) groups excluding carboxylic acids is 1. The molecule has 0 radical (unpaired) electrons. The number of aliphatic carboxylic acids is 1. The maximum absolute atomic E-state index is 11.6. The zero-order valence-electron chi connectivity index (χ0n) is 11.0. The molecule has 0 spiro atoms. The van der Waals surface area contributed by atoms with Gasteiger partial charge in [0.15, 0.2) is 0 Å². The lowest BCUT2D eigenvalue weighted by atomic mass is 10.0. The highest BCUT2D eigenvalue weighted by Crippen LogP contribution is 2.22. The number of hydrogen-bond acceptors (Lipinski definition) is 3. The van der Waals surface area contributed by atoms with Gasteiger partial charge in [-0.2, -0.15) is 0 Å². The molecule has 0 aliphatic heterocycles. The number of methoxy groups -OCH3 is 1. The Hall–Kier alpha value is -2.62. The summed E-state index contributed by atoms with van der Waals surface area (Å²) in [6.07, 6.45) is 1.21. The highest BCUT2D eigenvalue weighted by Gasteiger charge is 2.14. The van der Waals surface area contributed by atoms with Crippen LogP contribution in [0.5, 0.6) is 0 Å². The van der Waals surface area contributed by atoms with Crippen molar-refractivity contribution in [3.63, 3.8) is 0 Å². The molecule has 102 valence electrons. The molecule has 2 rings (SSSR count). The van der Waals surface area contributed by atoms with Crippen molar-refractivity contribution in [1.82, 2.24) is 0 Å². The van der Waals surface area contributed by atoms with Crippen LogP contribution in [0.4, 0.5) is 0 Å². The van der Waals surface area contributed by atoms with Gasteiger partial charge in [0.25, 0.3) is 0 Å². The van der Waals surface area contributed by atoms with Gasteiger partial charge in [0.2, 0.25) is 0 Å². The quantitative estimate of drug-likeness (QED) is 0.685. The minimum atomic E-state index is -1.07. The third-order valence-corrected chi connectivity index (χ3v) is 2.94. The predicted molar refractivity (Wildman–Crippen MR) is 76.2 cm³/mol. The Morgan fingerprint density at radius 2 is 1.85 bits per heavy atom. The highest BCUT2D eigenvalue weighted by atomic mass is 16.5. The summed E-state index contributed by atoms with van der Waals surface area (Å²) in [4.78, 5) is 22.5. The van der Waals surface area contributed by atoms with Crippen molar-refractivity contribution >= 4 is 28.8 Å². The van der Waals surface area contributed by atoms with Crippen LogP contribution in [0.3, 0.4) is 0 Å². The van der Waals surface area contributed by atoms with Gasteiger partial charge in [-0.15, -0.1) is 0 Å². The third-order valence-electron chi connectivity index (χ3n) is 2.94. The Morgan fingerprint density at radius 1 is 1.15 bits per heavy atom. The van der Waals surface area contributed by atoms with Gasteiger partial charge >= 0.3 is 11.9 Å². The van der Waals surface area contributed by atoms with E-state index in [0.29, 0.717) is 0 Å². The fraction of sp³-hybridized carbons (Fsp3) is 0.125. The summed E-state index contributed by atoms with van der Waals surface area (Å²) in [6, 6.07) is 13.4.